The molecule has 5 nitrogen and oxygen atoms in total. The molecule has 0 aromatic heterocycles. The first-order valence-electron chi connectivity index (χ1n) is 9.65. The summed E-state index contributed by atoms with van der Waals surface area (Å²) in [6.45, 7) is 3.69. The van der Waals surface area contributed by atoms with E-state index in [9.17, 15) is 9.90 Å². The van der Waals surface area contributed by atoms with Gasteiger partial charge in [0.25, 0.3) is 0 Å². The van der Waals surface area contributed by atoms with Crippen LogP contribution in [-0.2, 0) is 20.9 Å². The predicted octanol–water partition coefficient (Wildman–Crippen LogP) is 2.62. The molecule has 1 aromatic rings. The van der Waals surface area contributed by atoms with Crippen molar-refractivity contribution in [3.05, 3.63) is 35.9 Å². The van der Waals surface area contributed by atoms with Gasteiger partial charge in [-0.2, -0.15) is 0 Å². The number of ether oxygens (including phenoxy) is 2. The molecule has 144 valence electrons. The van der Waals surface area contributed by atoms with Crippen molar-refractivity contribution in [1.29, 1.82) is 0 Å². The molecule has 0 unspecified atom stereocenters. The van der Waals surface area contributed by atoms with Gasteiger partial charge in [0, 0.05) is 19.1 Å². The highest BCUT2D eigenvalue weighted by Crippen LogP contribution is 2.44. The first-order chi connectivity index (χ1) is 12.6. The van der Waals surface area contributed by atoms with Gasteiger partial charge in [0.05, 0.1) is 18.6 Å². The van der Waals surface area contributed by atoms with E-state index in [1.165, 1.54) is 0 Å². The lowest BCUT2D eigenvalue weighted by molar-refractivity contribution is -0.165. The Bertz CT molecular complexity index is 577. The largest absolute Gasteiger partial charge is 0.460 e. The monoisotopic (exact) mass is 361 g/mol. The number of rotatable bonds is 8. The summed E-state index contributed by atoms with van der Waals surface area (Å²) in [4.78, 5) is 15.1. The molecular weight excluding hydrogens is 330 g/mol. The van der Waals surface area contributed by atoms with Crippen LogP contribution in [0.1, 0.15) is 37.7 Å². The number of hydrogen-bond donors (Lipinski definition) is 1. The predicted molar refractivity (Wildman–Crippen MR) is 99.6 cm³/mol. The van der Waals surface area contributed by atoms with Crippen molar-refractivity contribution in [2.75, 3.05) is 40.0 Å². The fraction of sp³-hybridized carbons (Fsp3) is 0.667. The molecule has 1 aliphatic heterocycles. The molecule has 0 radical (unpaired) electrons. The Hall–Kier alpha value is -1.43. The summed E-state index contributed by atoms with van der Waals surface area (Å²) in [5.41, 5.74) is 0.571. The standard InChI is InChI=1S/C21H31NO4/c1-25-17-20(16-23)10-12-22(13-11-20)15-21(8-5-9-21)19(24)26-14-18-6-3-2-4-7-18/h2-4,6-7,23H,5,8-17H2,1H3. The molecule has 1 aliphatic carbocycles. The Morgan fingerprint density at radius 2 is 1.85 bits per heavy atom. The molecule has 0 amide bonds. The van der Waals surface area contributed by atoms with Gasteiger partial charge in [0.1, 0.15) is 6.61 Å². The van der Waals surface area contributed by atoms with Gasteiger partial charge < -0.3 is 19.5 Å². The van der Waals surface area contributed by atoms with E-state index in [0.717, 1.165) is 57.3 Å². The number of carbonyl (C=O) groups is 1. The second kappa shape index (κ2) is 8.51. The molecule has 26 heavy (non-hydrogen) atoms. The second-order valence-electron chi connectivity index (χ2n) is 8.06. The van der Waals surface area contributed by atoms with Crippen LogP contribution in [0.2, 0.25) is 0 Å². The minimum absolute atomic E-state index is 0.0523. The lowest BCUT2D eigenvalue weighted by Gasteiger charge is -2.46. The number of esters is 1. The van der Waals surface area contributed by atoms with Gasteiger partial charge >= 0.3 is 5.97 Å². The van der Waals surface area contributed by atoms with Gasteiger partial charge in [-0.3, -0.25) is 4.79 Å². The lowest BCUT2D eigenvalue weighted by Crippen LogP contribution is -2.52. The Labute approximate surface area is 156 Å². The maximum Gasteiger partial charge on any atom is 0.313 e. The molecule has 0 atom stereocenters. The molecule has 2 fully saturated rings. The van der Waals surface area contributed by atoms with Gasteiger partial charge in [-0.05, 0) is 44.3 Å². The number of benzene rings is 1. The van der Waals surface area contributed by atoms with Crippen molar-refractivity contribution >= 4 is 5.97 Å². The Morgan fingerprint density at radius 1 is 1.15 bits per heavy atom. The number of piperidine rings is 1. The van der Waals surface area contributed by atoms with E-state index in [1.54, 1.807) is 7.11 Å². The number of likely N-dealkylation sites (tertiary alicyclic amines) is 1. The van der Waals surface area contributed by atoms with Crippen LogP contribution < -0.4 is 0 Å². The van der Waals surface area contributed by atoms with Crippen LogP contribution in [-0.4, -0.2) is 55.9 Å². The molecule has 1 saturated heterocycles. The van der Waals surface area contributed by atoms with Crippen molar-refractivity contribution in [2.45, 2.75) is 38.7 Å². The van der Waals surface area contributed by atoms with Gasteiger partial charge in [-0.15, -0.1) is 0 Å². The quantitative estimate of drug-likeness (QED) is 0.722. The van der Waals surface area contributed by atoms with Crippen molar-refractivity contribution in [3.8, 4) is 0 Å². The highest BCUT2D eigenvalue weighted by molar-refractivity contribution is 5.78. The fourth-order valence-corrected chi connectivity index (χ4v) is 4.17. The maximum absolute atomic E-state index is 12.8. The molecule has 3 rings (SSSR count). The van der Waals surface area contributed by atoms with E-state index in [0.29, 0.717) is 13.2 Å². The first kappa shape index (κ1) is 19.3. The molecule has 2 aliphatic rings. The molecule has 0 bridgehead atoms. The minimum atomic E-state index is -0.338. The van der Waals surface area contributed by atoms with Crippen LogP contribution in [0.4, 0.5) is 0 Å². The van der Waals surface area contributed by atoms with Crippen molar-refractivity contribution in [1.82, 2.24) is 4.90 Å². The van der Waals surface area contributed by atoms with E-state index in [-0.39, 0.29) is 23.4 Å². The lowest BCUT2D eigenvalue weighted by atomic mass is 9.68. The summed E-state index contributed by atoms with van der Waals surface area (Å²) in [6, 6.07) is 9.85. The zero-order valence-electron chi connectivity index (χ0n) is 15.8. The number of carbonyl (C=O) groups excluding carboxylic acids is 1. The van der Waals surface area contributed by atoms with Crippen LogP contribution >= 0.6 is 0 Å². The van der Waals surface area contributed by atoms with E-state index >= 15 is 0 Å². The third kappa shape index (κ3) is 4.27. The average molecular weight is 361 g/mol. The number of hydrogen-bond acceptors (Lipinski definition) is 5. The van der Waals surface area contributed by atoms with Crippen LogP contribution in [0, 0.1) is 10.8 Å². The fourth-order valence-electron chi connectivity index (χ4n) is 4.17. The zero-order chi connectivity index (χ0) is 18.5. The third-order valence-electron chi connectivity index (χ3n) is 6.19. The second-order valence-corrected chi connectivity index (χ2v) is 8.06. The highest BCUT2D eigenvalue weighted by atomic mass is 16.5. The van der Waals surface area contributed by atoms with Crippen molar-refractivity contribution in [3.63, 3.8) is 0 Å². The molecule has 1 aromatic carbocycles. The van der Waals surface area contributed by atoms with Gasteiger partial charge in [-0.25, -0.2) is 0 Å². The third-order valence-corrected chi connectivity index (χ3v) is 6.19. The van der Waals surface area contributed by atoms with E-state index in [1.807, 2.05) is 30.3 Å². The van der Waals surface area contributed by atoms with Crippen LogP contribution in [0.3, 0.4) is 0 Å². The number of methoxy groups -OCH3 is 1. The summed E-state index contributed by atoms with van der Waals surface area (Å²) in [5.74, 6) is -0.0523. The Kier molecular flexibility index (Phi) is 6.33. The van der Waals surface area contributed by atoms with Gasteiger partial charge in [0.2, 0.25) is 0 Å². The van der Waals surface area contributed by atoms with Crippen LogP contribution in [0.15, 0.2) is 30.3 Å². The van der Waals surface area contributed by atoms with Crippen molar-refractivity contribution < 1.29 is 19.4 Å². The first-order valence-corrected chi connectivity index (χ1v) is 9.65. The smallest absolute Gasteiger partial charge is 0.313 e. The van der Waals surface area contributed by atoms with Crippen LogP contribution in [0.25, 0.3) is 0 Å². The molecule has 1 N–H and O–H groups in total. The number of aliphatic hydroxyl groups excluding tert-OH is 1. The number of aliphatic hydroxyl groups is 1. The number of nitrogens with zero attached hydrogens (tertiary/aromatic N) is 1. The van der Waals surface area contributed by atoms with E-state index < -0.39 is 0 Å². The van der Waals surface area contributed by atoms with Crippen molar-refractivity contribution in [2.24, 2.45) is 10.8 Å². The van der Waals surface area contributed by atoms with Gasteiger partial charge in [0.15, 0.2) is 0 Å². The zero-order valence-corrected chi connectivity index (χ0v) is 15.8. The summed E-state index contributed by atoms with van der Waals surface area (Å²) >= 11 is 0. The molecular formula is C21H31NO4. The average Bonchev–Trinajstić information content (AvgIpc) is 2.65. The van der Waals surface area contributed by atoms with E-state index in [4.69, 9.17) is 9.47 Å². The van der Waals surface area contributed by atoms with Crippen LogP contribution in [0.5, 0.6) is 0 Å². The molecule has 1 heterocycles. The van der Waals surface area contributed by atoms with E-state index in [2.05, 4.69) is 4.90 Å². The molecule has 0 spiro atoms. The topological polar surface area (TPSA) is 59.0 Å². The molecule has 5 heteroatoms. The highest BCUT2D eigenvalue weighted by Gasteiger charge is 2.47. The summed E-state index contributed by atoms with van der Waals surface area (Å²) in [6.07, 6.45) is 4.75. The SMILES string of the molecule is COCC1(CO)CCN(CC2(C(=O)OCc3ccccc3)CCC2)CC1. The normalized spacial score (nSPS) is 21.8. The summed E-state index contributed by atoms with van der Waals surface area (Å²) in [7, 11) is 1.69. The minimum Gasteiger partial charge on any atom is -0.460 e. The maximum atomic E-state index is 12.8. The summed E-state index contributed by atoms with van der Waals surface area (Å²) < 4.78 is 11.0. The Morgan fingerprint density at radius 3 is 2.38 bits per heavy atom. The Balaban J connectivity index is 1.53. The summed E-state index contributed by atoms with van der Waals surface area (Å²) in [5, 5.41) is 9.74. The molecule has 1 saturated carbocycles. The van der Waals surface area contributed by atoms with Gasteiger partial charge in [-0.1, -0.05) is 36.8 Å².